The SMILES string of the molecule is O=C(O)c1cnc(C(=O)NCc2cccc(N3CCCS3(=O)=O)c2)cn1. The van der Waals surface area contributed by atoms with Crippen molar-refractivity contribution in [3.05, 3.63) is 53.6 Å². The summed E-state index contributed by atoms with van der Waals surface area (Å²) in [4.78, 5) is 30.2. The van der Waals surface area contributed by atoms with Crippen molar-refractivity contribution < 1.29 is 23.1 Å². The van der Waals surface area contributed by atoms with Crippen molar-refractivity contribution in [1.82, 2.24) is 15.3 Å². The van der Waals surface area contributed by atoms with E-state index in [1.54, 1.807) is 24.3 Å². The van der Waals surface area contributed by atoms with Crippen molar-refractivity contribution in [2.24, 2.45) is 0 Å². The molecule has 0 spiro atoms. The molecule has 1 aromatic carbocycles. The number of nitrogens with zero attached hydrogens (tertiary/aromatic N) is 3. The quantitative estimate of drug-likeness (QED) is 0.783. The minimum atomic E-state index is -3.26. The van der Waals surface area contributed by atoms with Gasteiger partial charge in [0.1, 0.15) is 5.69 Å². The van der Waals surface area contributed by atoms with E-state index in [-0.39, 0.29) is 23.7 Å². The summed E-state index contributed by atoms with van der Waals surface area (Å²) in [5.41, 5.74) is 1.04. The van der Waals surface area contributed by atoms with E-state index in [9.17, 15) is 18.0 Å². The van der Waals surface area contributed by atoms with Crippen LogP contribution in [0.2, 0.25) is 0 Å². The lowest BCUT2D eigenvalue weighted by molar-refractivity contribution is 0.0689. The lowest BCUT2D eigenvalue weighted by atomic mass is 10.2. The van der Waals surface area contributed by atoms with Gasteiger partial charge in [-0.25, -0.2) is 23.2 Å². The molecule has 0 atom stereocenters. The summed E-state index contributed by atoms with van der Waals surface area (Å²) in [7, 11) is -3.26. The number of aromatic carboxylic acids is 1. The molecule has 136 valence electrons. The summed E-state index contributed by atoms with van der Waals surface area (Å²) in [6, 6.07) is 6.92. The second kappa shape index (κ2) is 7.08. The molecule has 1 saturated heterocycles. The number of nitrogens with one attached hydrogen (secondary N) is 1. The molecule has 1 aliphatic heterocycles. The predicted molar refractivity (Wildman–Crippen MR) is 92.4 cm³/mol. The highest BCUT2D eigenvalue weighted by atomic mass is 32.2. The zero-order chi connectivity index (χ0) is 18.7. The highest BCUT2D eigenvalue weighted by molar-refractivity contribution is 7.93. The molecule has 1 amide bonds. The second-order valence-electron chi connectivity index (χ2n) is 5.69. The molecule has 1 aromatic heterocycles. The maximum absolute atomic E-state index is 12.1. The van der Waals surface area contributed by atoms with E-state index >= 15 is 0 Å². The molecule has 0 saturated carbocycles. The summed E-state index contributed by atoms with van der Waals surface area (Å²) >= 11 is 0. The number of amides is 1. The molecule has 1 aliphatic rings. The van der Waals surface area contributed by atoms with E-state index in [1.807, 2.05) is 0 Å². The summed E-state index contributed by atoms with van der Waals surface area (Å²) in [5.74, 6) is -1.59. The molecule has 26 heavy (non-hydrogen) atoms. The Morgan fingerprint density at radius 2 is 1.92 bits per heavy atom. The van der Waals surface area contributed by atoms with Crippen LogP contribution in [-0.4, -0.2) is 47.7 Å². The number of sulfonamides is 1. The molecule has 9 nitrogen and oxygen atoms in total. The fraction of sp³-hybridized carbons (Fsp3) is 0.250. The van der Waals surface area contributed by atoms with Crippen LogP contribution >= 0.6 is 0 Å². The molecule has 0 aliphatic carbocycles. The van der Waals surface area contributed by atoms with Crippen LogP contribution in [0.25, 0.3) is 0 Å². The number of anilines is 1. The van der Waals surface area contributed by atoms with Gasteiger partial charge in [-0.05, 0) is 24.1 Å². The third-order valence-corrected chi connectivity index (χ3v) is 5.72. The lowest BCUT2D eigenvalue weighted by Crippen LogP contribution is -2.26. The van der Waals surface area contributed by atoms with Crippen molar-refractivity contribution in [2.45, 2.75) is 13.0 Å². The Bertz CT molecular complexity index is 943. The monoisotopic (exact) mass is 376 g/mol. The van der Waals surface area contributed by atoms with E-state index in [1.165, 1.54) is 4.31 Å². The molecule has 2 N–H and O–H groups in total. The van der Waals surface area contributed by atoms with Crippen LogP contribution in [0, 0.1) is 0 Å². The Morgan fingerprint density at radius 1 is 1.19 bits per heavy atom. The molecular weight excluding hydrogens is 360 g/mol. The van der Waals surface area contributed by atoms with Gasteiger partial charge >= 0.3 is 5.97 Å². The average molecular weight is 376 g/mol. The van der Waals surface area contributed by atoms with Gasteiger partial charge in [0, 0.05) is 13.1 Å². The molecule has 3 rings (SSSR count). The van der Waals surface area contributed by atoms with E-state index in [4.69, 9.17) is 5.11 Å². The van der Waals surface area contributed by atoms with E-state index in [2.05, 4.69) is 15.3 Å². The van der Waals surface area contributed by atoms with Crippen LogP contribution in [0.3, 0.4) is 0 Å². The van der Waals surface area contributed by atoms with Crippen molar-refractivity contribution in [1.29, 1.82) is 0 Å². The predicted octanol–water partition coefficient (Wildman–Crippen LogP) is 0.645. The van der Waals surface area contributed by atoms with Gasteiger partial charge < -0.3 is 10.4 Å². The van der Waals surface area contributed by atoms with Crippen LogP contribution in [0.5, 0.6) is 0 Å². The third-order valence-electron chi connectivity index (χ3n) is 3.85. The van der Waals surface area contributed by atoms with Gasteiger partial charge in [0.25, 0.3) is 5.91 Å². The molecular formula is C16H16N4O5S. The first-order valence-corrected chi connectivity index (χ1v) is 9.40. The molecule has 2 heterocycles. The summed E-state index contributed by atoms with van der Waals surface area (Å²) < 4.78 is 25.4. The van der Waals surface area contributed by atoms with Gasteiger partial charge in [-0.3, -0.25) is 9.10 Å². The Labute approximate surface area is 149 Å². The first kappa shape index (κ1) is 17.8. The van der Waals surface area contributed by atoms with E-state index in [0.29, 0.717) is 18.7 Å². The number of carboxylic acids is 1. The van der Waals surface area contributed by atoms with Crippen LogP contribution in [-0.2, 0) is 16.6 Å². The first-order chi connectivity index (χ1) is 12.4. The zero-order valence-electron chi connectivity index (χ0n) is 13.6. The lowest BCUT2D eigenvalue weighted by Gasteiger charge is -2.17. The van der Waals surface area contributed by atoms with E-state index < -0.39 is 21.9 Å². The number of carbonyl (C=O) groups is 2. The molecule has 0 unspecified atom stereocenters. The number of benzene rings is 1. The summed E-state index contributed by atoms with van der Waals surface area (Å²) in [5, 5.41) is 11.4. The maximum atomic E-state index is 12.1. The Morgan fingerprint density at radius 3 is 2.54 bits per heavy atom. The Kier molecular flexibility index (Phi) is 4.85. The van der Waals surface area contributed by atoms with Crippen molar-refractivity contribution in [3.8, 4) is 0 Å². The van der Waals surface area contributed by atoms with Crippen LogP contribution in [0.4, 0.5) is 5.69 Å². The van der Waals surface area contributed by atoms with Crippen LogP contribution in [0.1, 0.15) is 33.0 Å². The van der Waals surface area contributed by atoms with Crippen molar-refractivity contribution in [3.63, 3.8) is 0 Å². The second-order valence-corrected chi connectivity index (χ2v) is 7.70. The van der Waals surface area contributed by atoms with Crippen LogP contribution < -0.4 is 9.62 Å². The number of aromatic nitrogens is 2. The van der Waals surface area contributed by atoms with Crippen molar-refractivity contribution >= 4 is 27.6 Å². The van der Waals surface area contributed by atoms with E-state index in [0.717, 1.165) is 18.0 Å². The first-order valence-electron chi connectivity index (χ1n) is 7.80. The Balaban J connectivity index is 1.67. The number of hydrogen-bond donors (Lipinski definition) is 2. The third kappa shape index (κ3) is 3.80. The average Bonchev–Trinajstić information content (AvgIpc) is 2.99. The Hall–Kier alpha value is -3.01. The smallest absolute Gasteiger partial charge is 0.356 e. The fourth-order valence-corrected chi connectivity index (χ4v) is 4.14. The van der Waals surface area contributed by atoms with Gasteiger partial charge in [-0.2, -0.15) is 0 Å². The highest BCUT2D eigenvalue weighted by Crippen LogP contribution is 2.24. The largest absolute Gasteiger partial charge is 0.476 e. The topological polar surface area (TPSA) is 130 Å². The van der Waals surface area contributed by atoms with Crippen molar-refractivity contribution in [2.75, 3.05) is 16.6 Å². The molecule has 10 heteroatoms. The molecule has 0 bridgehead atoms. The summed E-state index contributed by atoms with van der Waals surface area (Å²) in [6.45, 7) is 0.618. The number of carbonyl (C=O) groups excluding carboxylic acids is 1. The zero-order valence-corrected chi connectivity index (χ0v) is 14.4. The van der Waals surface area contributed by atoms with Gasteiger partial charge in [0.05, 0.1) is 23.8 Å². The molecule has 2 aromatic rings. The molecule has 0 radical (unpaired) electrons. The van der Waals surface area contributed by atoms with Gasteiger partial charge in [0.15, 0.2) is 5.69 Å². The maximum Gasteiger partial charge on any atom is 0.356 e. The summed E-state index contributed by atoms with van der Waals surface area (Å²) in [6.07, 6.45) is 2.69. The highest BCUT2D eigenvalue weighted by Gasteiger charge is 2.28. The molecule has 1 fully saturated rings. The van der Waals surface area contributed by atoms with Gasteiger partial charge in [-0.1, -0.05) is 12.1 Å². The van der Waals surface area contributed by atoms with Gasteiger partial charge in [0.2, 0.25) is 10.0 Å². The van der Waals surface area contributed by atoms with Gasteiger partial charge in [-0.15, -0.1) is 0 Å². The number of hydrogen-bond acceptors (Lipinski definition) is 6. The normalized spacial score (nSPS) is 15.6. The number of carboxylic acid groups (broad SMARTS) is 1. The number of rotatable bonds is 5. The minimum absolute atomic E-state index is 0.00623. The fourth-order valence-electron chi connectivity index (χ4n) is 2.58. The van der Waals surface area contributed by atoms with Crippen LogP contribution in [0.15, 0.2) is 36.7 Å². The minimum Gasteiger partial charge on any atom is -0.476 e. The standard InChI is InChI=1S/C16H16N4O5S/c21-15(13-9-18-14(10-17-13)16(22)23)19-8-11-3-1-4-12(7-11)20-5-2-6-26(20,24)25/h1,3-4,7,9-10H,2,5-6,8H2,(H,19,21)(H,22,23).